The van der Waals surface area contributed by atoms with Crippen LogP contribution in [0.2, 0.25) is 10.2 Å². The first-order valence-electron chi connectivity index (χ1n) is 5.60. The van der Waals surface area contributed by atoms with Crippen LogP contribution in [-0.4, -0.2) is 9.38 Å². The van der Waals surface area contributed by atoms with Crippen molar-refractivity contribution >= 4 is 28.7 Å². The van der Waals surface area contributed by atoms with E-state index in [1.807, 2.05) is 53.1 Å². The van der Waals surface area contributed by atoms with E-state index in [0.717, 1.165) is 21.9 Å². The molecule has 0 unspecified atom stereocenters. The Labute approximate surface area is 115 Å². The summed E-state index contributed by atoms with van der Waals surface area (Å²) in [5, 5.41) is 1.41. The highest BCUT2D eigenvalue weighted by Gasteiger charge is 2.08. The first-order chi connectivity index (χ1) is 8.75. The smallest absolute Gasteiger partial charge is 0.118 e. The molecule has 2 nitrogen and oxygen atoms in total. The van der Waals surface area contributed by atoms with Crippen LogP contribution in [0.15, 0.2) is 48.7 Å². The number of aromatic nitrogens is 2. The van der Waals surface area contributed by atoms with Gasteiger partial charge in [0.1, 0.15) is 11.0 Å². The molecule has 0 saturated carbocycles. The summed E-state index contributed by atoms with van der Waals surface area (Å²) in [7, 11) is 0. The van der Waals surface area contributed by atoms with E-state index >= 15 is 0 Å². The summed E-state index contributed by atoms with van der Waals surface area (Å²) in [4.78, 5) is 4.41. The zero-order chi connectivity index (χ0) is 12.5. The number of hydrogen-bond donors (Lipinski definition) is 0. The fourth-order valence-electron chi connectivity index (χ4n) is 2.01. The van der Waals surface area contributed by atoms with E-state index in [0.29, 0.717) is 11.6 Å². The van der Waals surface area contributed by atoms with Crippen LogP contribution in [0, 0.1) is 0 Å². The fraction of sp³-hybridized carbons (Fsp3) is 0.0714. The zero-order valence-electron chi connectivity index (χ0n) is 9.48. The lowest BCUT2D eigenvalue weighted by Crippen LogP contribution is -1.98. The highest BCUT2D eigenvalue weighted by Crippen LogP contribution is 2.21. The van der Waals surface area contributed by atoms with Crippen molar-refractivity contribution in [3.05, 3.63) is 70.2 Å². The Hall–Kier alpha value is -1.51. The van der Waals surface area contributed by atoms with Crippen LogP contribution in [0.1, 0.15) is 11.4 Å². The lowest BCUT2D eigenvalue weighted by molar-refractivity contribution is 0.962. The summed E-state index contributed by atoms with van der Waals surface area (Å²) in [6, 6.07) is 13.5. The molecule has 90 valence electrons. The number of pyridine rings is 1. The maximum absolute atomic E-state index is 6.20. The van der Waals surface area contributed by atoms with E-state index in [4.69, 9.17) is 23.2 Å². The van der Waals surface area contributed by atoms with Crippen LogP contribution in [0.25, 0.3) is 5.52 Å². The third-order valence-electron chi connectivity index (χ3n) is 2.88. The molecular weight excluding hydrogens is 267 g/mol. The maximum Gasteiger partial charge on any atom is 0.118 e. The SMILES string of the molecule is Clc1ccccc1Cc1ncc2cccc(Cl)n12. The molecule has 0 amide bonds. The third-order valence-corrected chi connectivity index (χ3v) is 3.55. The Morgan fingerprint density at radius 2 is 1.83 bits per heavy atom. The number of hydrogen-bond acceptors (Lipinski definition) is 1. The highest BCUT2D eigenvalue weighted by molar-refractivity contribution is 6.31. The molecule has 0 spiro atoms. The second kappa shape index (κ2) is 4.63. The highest BCUT2D eigenvalue weighted by atomic mass is 35.5. The van der Waals surface area contributed by atoms with E-state index in [-0.39, 0.29) is 0 Å². The lowest BCUT2D eigenvalue weighted by atomic mass is 10.1. The topological polar surface area (TPSA) is 17.3 Å². The number of rotatable bonds is 2. The largest absolute Gasteiger partial charge is 0.287 e. The summed E-state index contributed by atoms with van der Waals surface area (Å²) in [5.41, 5.74) is 2.04. The molecule has 2 heterocycles. The van der Waals surface area contributed by atoms with E-state index < -0.39 is 0 Å². The monoisotopic (exact) mass is 276 g/mol. The van der Waals surface area contributed by atoms with Gasteiger partial charge in [0.25, 0.3) is 0 Å². The Kier molecular flexibility index (Phi) is 2.98. The molecule has 1 aromatic carbocycles. The minimum Gasteiger partial charge on any atom is -0.287 e. The van der Waals surface area contributed by atoms with Gasteiger partial charge in [-0.25, -0.2) is 4.98 Å². The summed E-state index contributed by atoms with van der Waals surface area (Å²) in [6.45, 7) is 0. The predicted octanol–water partition coefficient (Wildman–Crippen LogP) is 4.23. The van der Waals surface area contributed by atoms with Crippen molar-refractivity contribution in [3.8, 4) is 0 Å². The Balaban J connectivity index is 2.09. The average molecular weight is 277 g/mol. The Bertz CT molecular complexity index is 704. The van der Waals surface area contributed by atoms with Crippen LogP contribution in [-0.2, 0) is 6.42 Å². The molecule has 3 rings (SSSR count). The number of benzene rings is 1. The minimum absolute atomic E-state index is 0.659. The number of fused-ring (bicyclic) bond motifs is 1. The molecule has 18 heavy (non-hydrogen) atoms. The third kappa shape index (κ3) is 1.98. The van der Waals surface area contributed by atoms with Gasteiger partial charge in [-0.05, 0) is 23.8 Å². The van der Waals surface area contributed by atoms with Gasteiger partial charge in [0.05, 0.1) is 11.7 Å². The predicted molar refractivity (Wildman–Crippen MR) is 74.5 cm³/mol. The van der Waals surface area contributed by atoms with Gasteiger partial charge in [0.2, 0.25) is 0 Å². The molecule has 0 saturated heterocycles. The number of nitrogens with zero attached hydrogens (tertiary/aromatic N) is 2. The normalized spacial score (nSPS) is 11.0. The van der Waals surface area contributed by atoms with Crippen LogP contribution in [0.3, 0.4) is 0 Å². The van der Waals surface area contributed by atoms with Gasteiger partial charge >= 0.3 is 0 Å². The average Bonchev–Trinajstić information content (AvgIpc) is 2.77. The lowest BCUT2D eigenvalue weighted by Gasteiger charge is -2.05. The van der Waals surface area contributed by atoms with Crippen molar-refractivity contribution in [2.45, 2.75) is 6.42 Å². The van der Waals surface area contributed by atoms with E-state index in [2.05, 4.69) is 4.98 Å². The van der Waals surface area contributed by atoms with Gasteiger partial charge in [0.15, 0.2) is 0 Å². The van der Waals surface area contributed by atoms with Crippen LogP contribution < -0.4 is 0 Å². The van der Waals surface area contributed by atoms with Crippen molar-refractivity contribution in [1.82, 2.24) is 9.38 Å². The number of imidazole rings is 1. The molecule has 0 fully saturated rings. The van der Waals surface area contributed by atoms with Gasteiger partial charge in [-0.15, -0.1) is 0 Å². The molecular formula is C14H10Cl2N2. The van der Waals surface area contributed by atoms with Crippen LogP contribution in [0.5, 0.6) is 0 Å². The van der Waals surface area contributed by atoms with Crippen molar-refractivity contribution in [1.29, 1.82) is 0 Å². The molecule has 0 radical (unpaired) electrons. The molecule has 0 atom stereocenters. The summed E-state index contributed by atoms with van der Waals surface area (Å²) >= 11 is 12.4. The van der Waals surface area contributed by atoms with Crippen molar-refractivity contribution in [2.24, 2.45) is 0 Å². The van der Waals surface area contributed by atoms with Gasteiger partial charge in [-0.1, -0.05) is 47.5 Å². The summed E-state index contributed by atoms with van der Waals surface area (Å²) in [6.07, 6.45) is 2.48. The number of halogens is 2. The van der Waals surface area contributed by atoms with Crippen molar-refractivity contribution < 1.29 is 0 Å². The quantitative estimate of drug-likeness (QED) is 0.641. The van der Waals surface area contributed by atoms with Gasteiger partial charge in [-0.3, -0.25) is 4.40 Å². The molecule has 0 aliphatic heterocycles. The zero-order valence-corrected chi connectivity index (χ0v) is 11.0. The van der Waals surface area contributed by atoms with Gasteiger partial charge in [-0.2, -0.15) is 0 Å². The molecule has 2 aromatic heterocycles. The molecule has 0 N–H and O–H groups in total. The first-order valence-corrected chi connectivity index (χ1v) is 6.35. The molecule has 0 aliphatic carbocycles. The standard InChI is InChI=1S/C14H10Cl2N2/c15-12-6-2-1-4-10(12)8-14-17-9-11-5-3-7-13(16)18(11)14/h1-7,9H,8H2. The van der Waals surface area contributed by atoms with Crippen molar-refractivity contribution in [2.75, 3.05) is 0 Å². The summed E-state index contributed by atoms with van der Waals surface area (Å²) < 4.78 is 1.94. The van der Waals surface area contributed by atoms with Crippen LogP contribution >= 0.6 is 23.2 Å². The fourth-order valence-corrected chi connectivity index (χ4v) is 2.48. The second-order valence-corrected chi connectivity index (χ2v) is 4.85. The van der Waals surface area contributed by atoms with Gasteiger partial charge in [0, 0.05) is 11.4 Å². The van der Waals surface area contributed by atoms with Crippen molar-refractivity contribution in [3.63, 3.8) is 0 Å². The molecule has 3 aromatic rings. The second-order valence-electron chi connectivity index (χ2n) is 4.05. The van der Waals surface area contributed by atoms with E-state index in [1.165, 1.54) is 0 Å². The van der Waals surface area contributed by atoms with E-state index in [9.17, 15) is 0 Å². The van der Waals surface area contributed by atoms with Crippen LogP contribution in [0.4, 0.5) is 0 Å². The van der Waals surface area contributed by atoms with E-state index in [1.54, 1.807) is 0 Å². The Morgan fingerprint density at radius 1 is 1.00 bits per heavy atom. The molecule has 4 heteroatoms. The Morgan fingerprint density at radius 3 is 2.67 bits per heavy atom. The van der Waals surface area contributed by atoms with Gasteiger partial charge < -0.3 is 0 Å². The molecule has 0 aliphatic rings. The molecule has 0 bridgehead atoms. The first kappa shape index (κ1) is 11.6. The minimum atomic E-state index is 0.659. The summed E-state index contributed by atoms with van der Waals surface area (Å²) in [5.74, 6) is 0.892. The maximum atomic E-state index is 6.20.